The summed E-state index contributed by atoms with van der Waals surface area (Å²) in [6.07, 6.45) is 17.3. The molecule has 0 bridgehead atoms. The fourth-order valence-electron chi connectivity index (χ4n) is 2.57. The van der Waals surface area contributed by atoms with Crippen LogP contribution in [0.2, 0.25) is 0 Å². The maximum Gasteiger partial charge on any atom is -0.0151 e. The minimum absolute atomic E-state index is 1.15. The van der Waals surface area contributed by atoms with Gasteiger partial charge in [0.15, 0.2) is 0 Å². The molecular formula is C14H16. The van der Waals surface area contributed by atoms with E-state index in [9.17, 15) is 0 Å². The van der Waals surface area contributed by atoms with Crippen LogP contribution in [-0.4, -0.2) is 0 Å². The molecule has 0 heteroatoms. The molecule has 0 aliphatic heterocycles. The molecule has 0 atom stereocenters. The lowest BCUT2D eigenvalue weighted by Crippen LogP contribution is -2.00. The molecule has 0 unspecified atom stereocenters. The number of hydrogen-bond acceptors (Lipinski definition) is 0. The molecule has 0 aromatic heterocycles. The van der Waals surface area contributed by atoms with Crippen LogP contribution in [0.4, 0.5) is 0 Å². The summed E-state index contributed by atoms with van der Waals surface area (Å²) in [6, 6.07) is 0. The lowest BCUT2D eigenvalue weighted by molar-refractivity contribution is 0.881. The molecular weight excluding hydrogens is 168 g/mol. The molecule has 3 aliphatic rings. The zero-order valence-corrected chi connectivity index (χ0v) is 8.55. The fourth-order valence-corrected chi connectivity index (χ4v) is 2.57. The van der Waals surface area contributed by atoms with Gasteiger partial charge < -0.3 is 0 Å². The van der Waals surface area contributed by atoms with E-state index in [1.54, 1.807) is 22.3 Å². The lowest BCUT2D eigenvalue weighted by atomic mass is 9.86. The Kier molecular flexibility index (Phi) is 1.93. The Bertz CT molecular complexity index is 375. The first-order valence-electron chi connectivity index (χ1n) is 5.74. The van der Waals surface area contributed by atoms with Gasteiger partial charge in [-0.3, -0.25) is 0 Å². The van der Waals surface area contributed by atoms with Crippen molar-refractivity contribution < 1.29 is 0 Å². The summed E-state index contributed by atoms with van der Waals surface area (Å²) in [4.78, 5) is 0. The highest BCUT2D eigenvalue weighted by Crippen LogP contribution is 2.40. The van der Waals surface area contributed by atoms with E-state index in [0.717, 1.165) is 6.42 Å². The molecule has 0 fully saturated rings. The third-order valence-electron chi connectivity index (χ3n) is 3.47. The van der Waals surface area contributed by atoms with Crippen LogP contribution in [0, 0.1) is 0 Å². The molecule has 72 valence electrons. The number of hydrogen-bond donors (Lipinski definition) is 0. The van der Waals surface area contributed by atoms with E-state index in [2.05, 4.69) is 24.3 Å². The highest BCUT2D eigenvalue weighted by molar-refractivity contribution is 5.60. The van der Waals surface area contributed by atoms with Gasteiger partial charge in [0.2, 0.25) is 0 Å². The van der Waals surface area contributed by atoms with Crippen LogP contribution in [0.5, 0.6) is 0 Å². The Morgan fingerprint density at radius 3 is 1.93 bits per heavy atom. The van der Waals surface area contributed by atoms with E-state index in [-0.39, 0.29) is 0 Å². The second kappa shape index (κ2) is 3.27. The monoisotopic (exact) mass is 184 g/mol. The summed E-state index contributed by atoms with van der Waals surface area (Å²) in [5.41, 5.74) is 6.33. The first-order valence-corrected chi connectivity index (χ1v) is 5.74. The van der Waals surface area contributed by atoms with E-state index in [1.807, 2.05) is 0 Å². The van der Waals surface area contributed by atoms with Gasteiger partial charge in [0.1, 0.15) is 0 Å². The fraction of sp³-hybridized carbons (Fsp3) is 0.429. The van der Waals surface area contributed by atoms with Crippen molar-refractivity contribution in [3.8, 4) is 0 Å². The van der Waals surface area contributed by atoms with Crippen molar-refractivity contribution in [2.75, 3.05) is 0 Å². The van der Waals surface area contributed by atoms with E-state index in [0.29, 0.717) is 0 Å². The van der Waals surface area contributed by atoms with Gasteiger partial charge in [-0.15, -0.1) is 0 Å². The molecule has 3 rings (SSSR count). The normalized spacial score (nSPS) is 25.1. The Morgan fingerprint density at radius 1 is 0.714 bits per heavy atom. The molecule has 0 N–H and O–H groups in total. The van der Waals surface area contributed by atoms with Gasteiger partial charge >= 0.3 is 0 Å². The van der Waals surface area contributed by atoms with Crippen molar-refractivity contribution in [3.05, 3.63) is 46.6 Å². The predicted molar refractivity (Wildman–Crippen MR) is 60.0 cm³/mol. The zero-order chi connectivity index (χ0) is 9.38. The summed E-state index contributed by atoms with van der Waals surface area (Å²) in [5.74, 6) is 0. The van der Waals surface area contributed by atoms with Gasteiger partial charge in [0.05, 0.1) is 0 Å². The molecule has 0 heterocycles. The van der Waals surface area contributed by atoms with Crippen LogP contribution in [-0.2, 0) is 0 Å². The summed E-state index contributed by atoms with van der Waals surface area (Å²) < 4.78 is 0. The second-order valence-electron chi connectivity index (χ2n) is 4.36. The van der Waals surface area contributed by atoms with Gasteiger partial charge in [-0.2, -0.15) is 0 Å². The van der Waals surface area contributed by atoms with Crippen molar-refractivity contribution in [3.63, 3.8) is 0 Å². The number of rotatable bonds is 2. The highest BCUT2D eigenvalue weighted by atomic mass is 14.3. The van der Waals surface area contributed by atoms with Crippen LogP contribution in [0.25, 0.3) is 0 Å². The van der Waals surface area contributed by atoms with Crippen LogP contribution >= 0.6 is 0 Å². The predicted octanol–water partition coefficient (Wildman–Crippen LogP) is 4.07. The first kappa shape index (κ1) is 8.28. The zero-order valence-electron chi connectivity index (χ0n) is 8.55. The van der Waals surface area contributed by atoms with Crippen molar-refractivity contribution in [1.29, 1.82) is 0 Å². The summed E-state index contributed by atoms with van der Waals surface area (Å²) in [7, 11) is 0. The molecule has 0 amide bonds. The maximum atomic E-state index is 2.43. The topological polar surface area (TPSA) is 0 Å². The molecule has 0 radical (unpaired) electrons. The lowest BCUT2D eigenvalue weighted by Gasteiger charge is -2.19. The molecule has 0 saturated heterocycles. The average molecular weight is 184 g/mol. The van der Waals surface area contributed by atoms with Gasteiger partial charge in [0.25, 0.3) is 0 Å². The van der Waals surface area contributed by atoms with Crippen molar-refractivity contribution in [1.82, 2.24) is 0 Å². The quantitative estimate of drug-likeness (QED) is 0.606. The highest BCUT2D eigenvalue weighted by Gasteiger charge is 2.21. The minimum atomic E-state index is 1.15. The largest absolute Gasteiger partial charge is 0.0807 e. The van der Waals surface area contributed by atoms with E-state index >= 15 is 0 Å². The Balaban J connectivity index is 1.89. The smallest absolute Gasteiger partial charge is 0.0151 e. The second-order valence-corrected chi connectivity index (χ2v) is 4.36. The maximum absolute atomic E-state index is 2.43. The molecule has 0 saturated carbocycles. The Morgan fingerprint density at radius 2 is 1.43 bits per heavy atom. The SMILES string of the molecule is C1=C(C2=CCC=C2C2=CCCC2)CC1. The Hall–Kier alpha value is -1.04. The molecule has 0 nitrogen and oxygen atoms in total. The molecule has 3 aliphatic carbocycles. The molecule has 0 aromatic rings. The standard InChI is InChI=1S/C14H16/c1-2-6-11(5-1)13-9-4-10-14(13)12-7-3-8-12/h5,7,9-10H,1-4,6,8H2. The third kappa shape index (κ3) is 1.21. The van der Waals surface area contributed by atoms with Gasteiger partial charge in [-0.25, -0.2) is 0 Å². The summed E-state index contributed by atoms with van der Waals surface area (Å²) >= 11 is 0. The van der Waals surface area contributed by atoms with E-state index in [4.69, 9.17) is 0 Å². The molecule has 0 aromatic carbocycles. The van der Waals surface area contributed by atoms with E-state index < -0.39 is 0 Å². The van der Waals surface area contributed by atoms with Crippen LogP contribution in [0.15, 0.2) is 46.6 Å². The molecule has 0 spiro atoms. The summed E-state index contributed by atoms with van der Waals surface area (Å²) in [6.45, 7) is 0. The molecule has 14 heavy (non-hydrogen) atoms. The van der Waals surface area contributed by atoms with Crippen molar-refractivity contribution in [2.45, 2.75) is 38.5 Å². The van der Waals surface area contributed by atoms with Crippen molar-refractivity contribution >= 4 is 0 Å². The van der Waals surface area contributed by atoms with Crippen molar-refractivity contribution in [2.24, 2.45) is 0 Å². The van der Waals surface area contributed by atoms with Crippen LogP contribution < -0.4 is 0 Å². The van der Waals surface area contributed by atoms with Crippen LogP contribution in [0.1, 0.15) is 38.5 Å². The minimum Gasteiger partial charge on any atom is -0.0807 e. The first-order chi connectivity index (χ1) is 6.95. The third-order valence-corrected chi connectivity index (χ3v) is 3.47. The number of allylic oxidation sites excluding steroid dienone is 8. The van der Waals surface area contributed by atoms with Gasteiger partial charge in [0, 0.05) is 0 Å². The van der Waals surface area contributed by atoms with Crippen LogP contribution in [0.3, 0.4) is 0 Å². The van der Waals surface area contributed by atoms with E-state index in [1.165, 1.54) is 32.1 Å². The van der Waals surface area contributed by atoms with Gasteiger partial charge in [-0.05, 0) is 60.8 Å². The summed E-state index contributed by atoms with van der Waals surface area (Å²) in [5, 5.41) is 0. The Labute approximate surface area is 85.7 Å². The average Bonchev–Trinajstić information content (AvgIpc) is 2.66. The van der Waals surface area contributed by atoms with Gasteiger partial charge in [-0.1, -0.05) is 24.3 Å².